The average molecular weight is 181 g/mol. The van der Waals surface area contributed by atoms with Gasteiger partial charge >= 0.3 is 5.69 Å². The van der Waals surface area contributed by atoms with E-state index in [4.69, 9.17) is 0 Å². The fourth-order valence-electron chi connectivity index (χ4n) is 0.835. The van der Waals surface area contributed by atoms with E-state index < -0.39 is 5.69 Å². The third kappa shape index (κ3) is 2.70. The average Bonchev–Trinajstić information content (AvgIpc) is 2.14. The summed E-state index contributed by atoms with van der Waals surface area (Å²) in [5.41, 5.74) is -0.266. The van der Waals surface area contributed by atoms with Crippen LogP contribution in [0, 0.1) is 0 Å². The van der Waals surface area contributed by atoms with Gasteiger partial charge in [0, 0.05) is 12.7 Å². The normalized spacial score (nSPS) is 9.62. The van der Waals surface area contributed by atoms with Crippen molar-refractivity contribution in [2.24, 2.45) is 0 Å². The monoisotopic (exact) mass is 181 g/mol. The first-order valence-corrected chi connectivity index (χ1v) is 4.07. The van der Waals surface area contributed by atoms with E-state index >= 15 is 0 Å². The van der Waals surface area contributed by atoms with E-state index in [1.54, 1.807) is 0 Å². The van der Waals surface area contributed by atoms with Crippen LogP contribution >= 0.6 is 0 Å². The molecule has 0 fully saturated rings. The van der Waals surface area contributed by atoms with E-state index in [1.807, 2.05) is 6.92 Å². The molecule has 0 spiro atoms. The molecular formula is C8H11N3O2. The molecule has 0 aliphatic carbocycles. The number of aromatic amines is 1. The SMILES string of the molecule is CCCNC(=O)c1ccnc(=O)[nH]1. The van der Waals surface area contributed by atoms with Crippen molar-refractivity contribution in [2.75, 3.05) is 6.54 Å². The van der Waals surface area contributed by atoms with Gasteiger partial charge in [0.2, 0.25) is 0 Å². The molecule has 0 aliphatic heterocycles. The summed E-state index contributed by atoms with van der Waals surface area (Å²) >= 11 is 0. The highest BCUT2D eigenvalue weighted by atomic mass is 16.2. The van der Waals surface area contributed by atoms with Gasteiger partial charge in [-0.25, -0.2) is 9.78 Å². The second kappa shape index (κ2) is 4.39. The number of H-pyrrole nitrogens is 1. The van der Waals surface area contributed by atoms with Crippen LogP contribution in [0.15, 0.2) is 17.1 Å². The Morgan fingerprint density at radius 2 is 2.46 bits per heavy atom. The van der Waals surface area contributed by atoms with Gasteiger partial charge in [0.05, 0.1) is 0 Å². The Balaban J connectivity index is 2.71. The summed E-state index contributed by atoms with van der Waals surface area (Å²) in [6, 6.07) is 1.46. The molecule has 70 valence electrons. The number of nitrogens with zero attached hydrogens (tertiary/aromatic N) is 1. The van der Waals surface area contributed by atoms with Crippen molar-refractivity contribution < 1.29 is 4.79 Å². The van der Waals surface area contributed by atoms with Gasteiger partial charge in [-0.1, -0.05) is 6.92 Å². The number of hydrogen-bond donors (Lipinski definition) is 2. The summed E-state index contributed by atoms with van der Waals surface area (Å²) in [4.78, 5) is 27.7. The molecule has 0 bridgehead atoms. The molecule has 0 saturated heterocycles. The van der Waals surface area contributed by atoms with Crippen LogP contribution in [-0.2, 0) is 0 Å². The molecule has 5 heteroatoms. The van der Waals surface area contributed by atoms with Gasteiger partial charge in [0.15, 0.2) is 0 Å². The van der Waals surface area contributed by atoms with Crippen molar-refractivity contribution in [3.05, 3.63) is 28.4 Å². The maximum atomic E-state index is 11.2. The minimum atomic E-state index is -0.510. The fraction of sp³-hybridized carbons (Fsp3) is 0.375. The predicted molar refractivity (Wildman–Crippen MR) is 47.5 cm³/mol. The zero-order valence-corrected chi connectivity index (χ0v) is 7.33. The molecule has 0 saturated carbocycles. The number of rotatable bonds is 3. The maximum Gasteiger partial charge on any atom is 0.345 e. The molecule has 1 heterocycles. The Hall–Kier alpha value is -1.65. The standard InChI is InChI=1S/C8H11N3O2/c1-2-4-9-7(12)6-3-5-10-8(13)11-6/h3,5H,2,4H2,1H3,(H,9,12)(H,10,11,13). The lowest BCUT2D eigenvalue weighted by Gasteiger charge is -2.01. The van der Waals surface area contributed by atoms with Crippen molar-refractivity contribution >= 4 is 5.91 Å². The van der Waals surface area contributed by atoms with Crippen LogP contribution in [0.1, 0.15) is 23.8 Å². The Labute approximate surface area is 75.2 Å². The molecule has 0 atom stereocenters. The van der Waals surface area contributed by atoms with Gasteiger partial charge < -0.3 is 10.3 Å². The first-order valence-electron chi connectivity index (χ1n) is 4.07. The van der Waals surface area contributed by atoms with Crippen LogP contribution in [-0.4, -0.2) is 22.4 Å². The summed E-state index contributed by atoms with van der Waals surface area (Å²) in [5.74, 6) is -0.277. The van der Waals surface area contributed by atoms with Crippen molar-refractivity contribution in [2.45, 2.75) is 13.3 Å². The highest BCUT2D eigenvalue weighted by Gasteiger charge is 2.03. The van der Waals surface area contributed by atoms with Gasteiger partial charge in [-0.05, 0) is 12.5 Å². The van der Waals surface area contributed by atoms with Crippen LogP contribution < -0.4 is 11.0 Å². The fourth-order valence-corrected chi connectivity index (χ4v) is 0.835. The topological polar surface area (TPSA) is 74.8 Å². The molecular weight excluding hydrogens is 170 g/mol. The van der Waals surface area contributed by atoms with Gasteiger partial charge in [0.1, 0.15) is 5.69 Å². The van der Waals surface area contributed by atoms with E-state index in [1.165, 1.54) is 12.3 Å². The minimum absolute atomic E-state index is 0.244. The quantitative estimate of drug-likeness (QED) is 0.684. The van der Waals surface area contributed by atoms with Crippen LogP contribution in [0.4, 0.5) is 0 Å². The summed E-state index contributed by atoms with van der Waals surface area (Å²) in [6.45, 7) is 2.55. The number of aromatic nitrogens is 2. The second-order valence-electron chi connectivity index (χ2n) is 2.54. The lowest BCUT2D eigenvalue weighted by Crippen LogP contribution is -2.27. The number of carbonyl (C=O) groups is 1. The number of hydrogen-bond acceptors (Lipinski definition) is 3. The Bertz CT molecular complexity index is 345. The van der Waals surface area contributed by atoms with Gasteiger partial charge in [0.25, 0.3) is 5.91 Å². The van der Waals surface area contributed by atoms with E-state index in [9.17, 15) is 9.59 Å². The summed E-state index contributed by atoms with van der Waals surface area (Å²) in [6.07, 6.45) is 2.17. The first-order chi connectivity index (χ1) is 6.24. The highest BCUT2D eigenvalue weighted by molar-refractivity contribution is 5.91. The molecule has 1 aromatic heterocycles. The van der Waals surface area contributed by atoms with Crippen molar-refractivity contribution in [1.82, 2.24) is 15.3 Å². The van der Waals surface area contributed by atoms with Crippen LogP contribution in [0.2, 0.25) is 0 Å². The largest absolute Gasteiger partial charge is 0.351 e. The molecule has 1 aromatic rings. The van der Waals surface area contributed by atoms with Crippen LogP contribution in [0.3, 0.4) is 0 Å². The van der Waals surface area contributed by atoms with E-state index in [0.717, 1.165) is 6.42 Å². The zero-order valence-electron chi connectivity index (χ0n) is 7.33. The van der Waals surface area contributed by atoms with Crippen molar-refractivity contribution in [3.8, 4) is 0 Å². The van der Waals surface area contributed by atoms with Crippen LogP contribution in [0.5, 0.6) is 0 Å². The highest BCUT2D eigenvalue weighted by Crippen LogP contribution is 1.87. The predicted octanol–water partition coefficient (Wildman–Crippen LogP) is -0.0903. The Kier molecular flexibility index (Phi) is 3.19. The number of amides is 1. The Morgan fingerprint density at radius 3 is 3.08 bits per heavy atom. The van der Waals surface area contributed by atoms with Crippen molar-refractivity contribution in [1.29, 1.82) is 0 Å². The molecule has 0 aromatic carbocycles. The van der Waals surface area contributed by atoms with E-state index in [-0.39, 0.29) is 11.6 Å². The van der Waals surface area contributed by atoms with E-state index in [0.29, 0.717) is 6.54 Å². The lowest BCUT2D eigenvalue weighted by atomic mass is 10.3. The van der Waals surface area contributed by atoms with Gasteiger partial charge in [-0.15, -0.1) is 0 Å². The van der Waals surface area contributed by atoms with Crippen molar-refractivity contribution in [3.63, 3.8) is 0 Å². The van der Waals surface area contributed by atoms with Gasteiger partial charge in [-0.2, -0.15) is 0 Å². The molecule has 1 rings (SSSR count). The molecule has 0 aliphatic rings. The first kappa shape index (κ1) is 9.44. The summed E-state index contributed by atoms with van der Waals surface area (Å²) in [5, 5.41) is 2.64. The third-order valence-corrected chi connectivity index (χ3v) is 1.45. The lowest BCUT2D eigenvalue weighted by molar-refractivity contribution is 0.0948. The Morgan fingerprint density at radius 1 is 1.69 bits per heavy atom. The molecule has 0 radical (unpaired) electrons. The molecule has 5 nitrogen and oxygen atoms in total. The minimum Gasteiger partial charge on any atom is -0.351 e. The van der Waals surface area contributed by atoms with Crippen LogP contribution in [0.25, 0.3) is 0 Å². The molecule has 2 N–H and O–H groups in total. The second-order valence-corrected chi connectivity index (χ2v) is 2.54. The summed E-state index contributed by atoms with van der Waals surface area (Å²) in [7, 11) is 0. The maximum absolute atomic E-state index is 11.2. The smallest absolute Gasteiger partial charge is 0.345 e. The third-order valence-electron chi connectivity index (χ3n) is 1.45. The van der Waals surface area contributed by atoms with E-state index in [2.05, 4.69) is 15.3 Å². The number of nitrogens with one attached hydrogen (secondary N) is 2. The zero-order chi connectivity index (χ0) is 9.68. The number of carbonyl (C=O) groups excluding carboxylic acids is 1. The molecule has 13 heavy (non-hydrogen) atoms. The molecule has 1 amide bonds. The van der Waals surface area contributed by atoms with Gasteiger partial charge in [-0.3, -0.25) is 4.79 Å². The summed E-state index contributed by atoms with van der Waals surface area (Å²) < 4.78 is 0. The molecule has 0 unspecified atom stereocenters.